The number of hydrogen-bond acceptors (Lipinski definition) is 5. The first kappa shape index (κ1) is 16.0. The number of ether oxygens (including phenoxy) is 2. The second-order valence-corrected chi connectivity index (χ2v) is 5.09. The van der Waals surface area contributed by atoms with E-state index < -0.39 is 17.7 Å². The second kappa shape index (κ2) is 6.71. The first-order valence-electron chi connectivity index (χ1n) is 7.09. The van der Waals surface area contributed by atoms with E-state index in [4.69, 9.17) is 15.2 Å². The van der Waals surface area contributed by atoms with Gasteiger partial charge in [0.15, 0.2) is 0 Å². The van der Waals surface area contributed by atoms with Gasteiger partial charge in [0.05, 0.1) is 5.56 Å². The predicted molar refractivity (Wildman–Crippen MR) is 79.2 cm³/mol. The average molecular weight is 336 g/mol. The van der Waals surface area contributed by atoms with Gasteiger partial charge in [0.2, 0.25) is 0 Å². The molecule has 6 nitrogen and oxygen atoms in total. The van der Waals surface area contributed by atoms with Crippen LogP contribution in [-0.2, 0) is 11.4 Å². The Morgan fingerprint density at radius 2 is 2.04 bits per heavy atom. The molecule has 0 saturated carbocycles. The summed E-state index contributed by atoms with van der Waals surface area (Å²) < 4.78 is 38.0. The van der Waals surface area contributed by atoms with Crippen molar-refractivity contribution in [2.24, 2.45) is 5.73 Å². The van der Waals surface area contributed by atoms with Crippen LogP contribution in [0.3, 0.4) is 0 Å². The molecule has 0 radical (unpaired) electrons. The Morgan fingerprint density at radius 1 is 1.29 bits per heavy atom. The SMILES string of the molecule is NC(=O)ON[C@@H]1COc2cc(OCc3c(F)cccc3F)ccc21. The van der Waals surface area contributed by atoms with Gasteiger partial charge in [-0.25, -0.2) is 13.6 Å². The fraction of sp³-hybridized carbons (Fsp3) is 0.188. The largest absolute Gasteiger partial charge is 0.491 e. The fourth-order valence-corrected chi connectivity index (χ4v) is 2.33. The van der Waals surface area contributed by atoms with Crippen molar-refractivity contribution < 1.29 is 27.9 Å². The van der Waals surface area contributed by atoms with Crippen LogP contribution in [0.2, 0.25) is 0 Å². The molecule has 2 aromatic carbocycles. The Labute approximate surface area is 136 Å². The fourth-order valence-electron chi connectivity index (χ4n) is 2.33. The second-order valence-electron chi connectivity index (χ2n) is 5.09. The van der Waals surface area contributed by atoms with Gasteiger partial charge in [0, 0.05) is 11.6 Å². The molecule has 0 unspecified atom stereocenters. The third-order valence-electron chi connectivity index (χ3n) is 3.51. The number of nitrogens with one attached hydrogen (secondary N) is 1. The van der Waals surface area contributed by atoms with E-state index in [-0.39, 0.29) is 24.8 Å². The van der Waals surface area contributed by atoms with Crippen LogP contribution in [0.5, 0.6) is 11.5 Å². The molecule has 0 bridgehead atoms. The number of carbonyl (C=O) groups is 1. The summed E-state index contributed by atoms with van der Waals surface area (Å²) in [5.74, 6) is -0.416. The molecule has 1 aliphatic rings. The van der Waals surface area contributed by atoms with Crippen LogP contribution < -0.4 is 20.7 Å². The number of benzene rings is 2. The van der Waals surface area contributed by atoms with Gasteiger partial charge < -0.3 is 20.0 Å². The number of rotatable bonds is 5. The molecule has 0 spiro atoms. The molecule has 0 fully saturated rings. The minimum absolute atomic E-state index is 0.145. The zero-order valence-corrected chi connectivity index (χ0v) is 12.4. The predicted octanol–water partition coefficient (Wildman–Crippen LogP) is 2.58. The molecule has 8 heteroatoms. The average Bonchev–Trinajstić information content (AvgIpc) is 2.95. The molecule has 1 amide bonds. The molecular formula is C16H14F2N2O4. The number of fused-ring (bicyclic) bond motifs is 1. The van der Waals surface area contributed by atoms with E-state index in [1.807, 2.05) is 0 Å². The number of carbonyl (C=O) groups excluding carboxylic acids is 1. The number of primary amides is 1. The highest BCUT2D eigenvalue weighted by molar-refractivity contribution is 5.64. The van der Waals surface area contributed by atoms with Crippen molar-refractivity contribution in [3.8, 4) is 11.5 Å². The lowest BCUT2D eigenvalue weighted by Gasteiger charge is -2.11. The van der Waals surface area contributed by atoms with Gasteiger partial charge in [0.25, 0.3) is 0 Å². The Kier molecular flexibility index (Phi) is 4.48. The first-order valence-corrected chi connectivity index (χ1v) is 7.09. The van der Waals surface area contributed by atoms with Gasteiger partial charge in [-0.1, -0.05) is 6.07 Å². The number of amides is 1. The van der Waals surface area contributed by atoms with Crippen molar-refractivity contribution in [2.45, 2.75) is 12.6 Å². The van der Waals surface area contributed by atoms with Crippen molar-refractivity contribution in [1.82, 2.24) is 5.48 Å². The van der Waals surface area contributed by atoms with Gasteiger partial charge in [-0.05, 0) is 24.3 Å². The minimum atomic E-state index is -0.949. The quantitative estimate of drug-likeness (QED) is 0.820. The molecule has 1 atom stereocenters. The van der Waals surface area contributed by atoms with E-state index in [9.17, 15) is 13.6 Å². The summed E-state index contributed by atoms with van der Waals surface area (Å²) >= 11 is 0. The highest BCUT2D eigenvalue weighted by Gasteiger charge is 2.25. The number of nitrogens with two attached hydrogens (primary N) is 1. The van der Waals surface area contributed by atoms with Crippen molar-refractivity contribution in [3.63, 3.8) is 0 Å². The van der Waals surface area contributed by atoms with Gasteiger partial charge in [-0.15, -0.1) is 5.48 Å². The van der Waals surface area contributed by atoms with E-state index in [2.05, 4.69) is 10.3 Å². The maximum atomic E-state index is 13.6. The molecule has 3 rings (SSSR count). The molecule has 1 aliphatic heterocycles. The smallest absolute Gasteiger partial charge is 0.423 e. The first-order chi connectivity index (χ1) is 11.5. The lowest BCUT2D eigenvalue weighted by atomic mass is 10.1. The summed E-state index contributed by atoms with van der Waals surface area (Å²) in [5, 5.41) is 0. The van der Waals surface area contributed by atoms with E-state index in [1.54, 1.807) is 18.2 Å². The summed E-state index contributed by atoms with van der Waals surface area (Å²) in [5.41, 5.74) is 7.98. The van der Waals surface area contributed by atoms with E-state index in [0.717, 1.165) is 5.56 Å². The highest BCUT2D eigenvalue weighted by Crippen LogP contribution is 2.35. The molecule has 3 N–H and O–H groups in total. The zero-order chi connectivity index (χ0) is 17.1. The maximum Gasteiger partial charge on any atom is 0.423 e. The van der Waals surface area contributed by atoms with Crippen LogP contribution in [0.4, 0.5) is 13.6 Å². The standard InChI is InChI=1S/C16H14F2N2O4/c17-12-2-1-3-13(18)11(12)7-22-9-4-5-10-14(20-24-16(19)21)8-23-15(10)6-9/h1-6,14,20H,7-8H2,(H2,19,21)/t14-/m1/s1. The normalized spacial score (nSPS) is 15.5. The third kappa shape index (κ3) is 3.38. The number of hydrogen-bond donors (Lipinski definition) is 2. The lowest BCUT2D eigenvalue weighted by Crippen LogP contribution is -2.29. The molecule has 24 heavy (non-hydrogen) atoms. The van der Waals surface area contributed by atoms with E-state index in [0.29, 0.717) is 11.5 Å². The van der Waals surface area contributed by atoms with Crippen LogP contribution in [0.15, 0.2) is 36.4 Å². The molecule has 0 aromatic heterocycles. The Balaban J connectivity index is 1.68. The Morgan fingerprint density at radius 3 is 2.75 bits per heavy atom. The summed E-state index contributed by atoms with van der Waals surface area (Å²) in [7, 11) is 0. The summed E-state index contributed by atoms with van der Waals surface area (Å²) in [6.45, 7) is -0.00222. The van der Waals surface area contributed by atoms with Crippen LogP contribution in [0, 0.1) is 11.6 Å². The molecular weight excluding hydrogens is 322 g/mol. The molecule has 2 aromatic rings. The van der Waals surface area contributed by atoms with Crippen LogP contribution >= 0.6 is 0 Å². The van der Waals surface area contributed by atoms with Gasteiger partial charge >= 0.3 is 6.09 Å². The monoisotopic (exact) mass is 336 g/mol. The van der Waals surface area contributed by atoms with Crippen LogP contribution in [0.25, 0.3) is 0 Å². The molecule has 126 valence electrons. The molecule has 1 heterocycles. The van der Waals surface area contributed by atoms with Gasteiger partial charge in [-0.3, -0.25) is 0 Å². The Bertz CT molecular complexity index is 749. The van der Waals surface area contributed by atoms with Gasteiger partial charge in [-0.2, -0.15) is 0 Å². The van der Waals surface area contributed by atoms with Crippen molar-refractivity contribution >= 4 is 6.09 Å². The van der Waals surface area contributed by atoms with Crippen LogP contribution in [-0.4, -0.2) is 12.7 Å². The Hall–Kier alpha value is -2.87. The van der Waals surface area contributed by atoms with Gasteiger partial charge in [0.1, 0.15) is 42.4 Å². The summed E-state index contributed by atoms with van der Waals surface area (Å²) in [6.07, 6.45) is -0.949. The van der Waals surface area contributed by atoms with E-state index >= 15 is 0 Å². The summed E-state index contributed by atoms with van der Waals surface area (Å²) in [4.78, 5) is 15.2. The van der Waals surface area contributed by atoms with Crippen molar-refractivity contribution in [3.05, 3.63) is 59.2 Å². The maximum absolute atomic E-state index is 13.6. The molecule has 0 aliphatic carbocycles. The van der Waals surface area contributed by atoms with E-state index in [1.165, 1.54) is 18.2 Å². The van der Waals surface area contributed by atoms with Crippen molar-refractivity contribution in [2.75, 3.05) is 6.61 Å². The topological polar surface area (TPSA) is 82.8 Å². The van der Waals surface area contributed by atoms with Crippen molar-refractivity contribution in [1.29, 1.82) is 0 Å². The number of halogens is 2. The number of hydroxylamine groups is 1. The lowest BCUT2D eigenvalue weighted by molar-refractivity contribution is 0.0698. The zero-order valence-electron chi connectivity index (χ0n) is 12.4. The molecule has 0 saturated heterocycles. The third-order valence-corrected chi connectivity index (χ3v) is 3.51. The minimum Gasteiger partial charge on any atom is -0.491 e. The summed E-state index contributed by atoms with van der Waals surface area (Å²) in [6, 6.07) is 8.21. The van der Waals surface area contributed by atoms with Crippen LogP contribution in [0.1, 0.15) is 17.2 Å². The highest BCUT2D eigenvalue weighted by atomic mass is 19.1.